The zero-order valence-corrected chi connectivity index (χ0v) is 23.4. The molecule has 1 aliphatic heterocycles. The number of nitrogens with zero attached hydrogens (tertiary/aromatic N) is 3. The number of carbonyl (C=O) groups excluding carboxylic acids is 1. The third-order valence-corrected chi connectivity index (χ3v) is 6.62. The van der Waals surface area contributed by atoms with Crippen LogP contribution >= 0.6 is 11.8 Å². The third-order valence-electron chi connectivity index (χ3n) is 5.87. The molecule has 35 heavy (non-hydrogen) atoms. The molecule has 0 aromatic heterocycles. The molecule has 0 spiro atoms. The van der Waals surface area contributed by atoms with E-state index in [1.807, 2.05) is 32.9 Å². The Morgan fingerprint density at radius 1 is 1.14 bits per heavy atom. The first-order valence-corrected chi connectivity index (χ1v) is 13.4. The van der Waals surface area contributed by atoms with Gasteiger partial charge in [-0.05, 0) is 71.1 Å². The first-order valence-electron chi connectivity index (χ1n) is 12.2. The number of carbonyl (C=O) groups is 1. The number of aryl methyl sites for hydroxylation is 2. The van der Waals surface area contributed by atoms with Crippen LogP contribution in [0.2, 0.25) is 0 Å². The van der Waals surface area contributed by atoms with Gasteiger partial charge in [-0.2, -0.15) is 0 Å². The maximum atomic E-state index is 12.4. The Balaban J connectivity index is 0.000000402. The summed E-state index contributed by atoms with van der Waals surface area (Å²) in [4.78, 5) is 22.4. The minimum atomic E-state index is -0.485. The topological polar surface area (TPSA) is 71.2 Å². The van der Waals surface area contributed by atoms with Gasteiger partial charge in [-0.15, -0.1) is 11.8 Å². The van der Waals surface area contributed by atoms with Gasteiger partial charge in [0, 0.05) is 48.9 Å². The van der Waals surface area contributed by atoms with Gasteiger partial charge in [0.2, 0.25) is 0 Å². The van der Waals surface area contributed by atoms with Crippen molar-refractivity contribution >= 4 is 29.4 Å². The van der Waals surface area contributed by atoms with Crippen LogP contribution in [0.5, 0.6) is 0 Å². The number of aliphatic imine (C=N–C) groups is 1. The summed E-state index contributed by atoms with van der Waals surface area (Å²) in [5.41, 5.74) is 9.91. The molecule has 2 aromatic rings. The second-order valence-electron chi connectivity index (χ2n) is 9.79. The predicted molar refractivity (Wildman–Crippen MR) is 150 cm³/mol. The van der Waals surface area contributed by atoms with Crippen molar-refractivity contribution in [1.29, 1.82) is 0 Å². The number of thioether (sulfide) groups is 1. The van der Waals surface area contributed by atoms with Gasteiger partial charge in [0.1, 0.15) is 11.4 Å². The lowest BCUT2D eigenvalue weighted by molar-refractivity contribution is 0.0119. The number of rotatable bonds is 3. The average molecular weight is 499 g/mol. The zero-order valence-electron chi connectivity index (χ0n) is 22.6. The molecule has 1 fully saturated rings. The summed E-state index contributed by atoms with van der Waals surface area (Å²) in [6.45, 7) is 13.9. The number of ether oxygens (including phenoxy) is 1. The number of benzene rings is 2. The molecule has 1 unspecified atom stereocenters. The van der Waals surface area contributed by atoms with Crippen LogP contribution in [0, 0.1) is 13.8 Å². The van der Waals surface area contributed by atoms with E-state index in [9.17, 15) is 4.79 Å². The summed E-state index contributed by atoms with van der Waals surface area (Å²) in [7, 11) is 1.80. The highest BCUT2D eigenvalue weighted by molar-refractivity contribution is 7.98. The van der Waals surface area contributed by atoms with Gasteiger partial charge in [0.05, 0.1) is 0 Å². The fourth-order valence-electron chi connectivity index (χ4n) is 4.03. The van der Waals surface area contributed by atoms with Gasteiger partial charge in [0.25, 0.3) is 0 Å². The van der Waals surface area contributed by atoms with E-state index in [2.05, 4.69) is 67.3 Å². The van der Waals surface area contributed by atoms with Gasteiger partial charge >= 0.3 is 6.09 Å². The standard InChI is InChI=1S/C20H32N4O2.C8H10S/c1-7-15-13-23(19(25)26-20(3,4)5)11-12-24(15)18(22-6)17-14(2)9-8-10-16(17)21;1-7-3-5-8(9-2)6-4-7/h8-10,15H,7,11-13,21H2,1-6H3;3-6H,1-2H3. The zero-order chi connectivity index (χ0) is 26.2. The lowest BCUT2D eigenvalue weighted by Crippen LogP contribution is -2.57. The van der Waals surface area contributed by atoms with Crippen molar-refractivity contribution in [2.45, 2.75) is 64.5 Å². The Morgan fingerprint density at radius 3 is 2.31 bits per heavy atom. The van der Waals surface area contributed by atoms with E-state index in [0.29, 0.717) is 19.6 Å². The SMILES string of the molecule is CCC1CN(C(=O)OC(C)(C)C)CCN1C(=NC)c1c(C)cccc1N.CSc1ccc(C)cc1. The summed E-state index contributed by atoms with van der Waals surface area (Å²) >= 11 is 1.78. The second-order valence-corrected chi connectivity index (χ2v) is 10.7. The molecule has 1 aliphatic rings. The van der Waals surface area contributed by atoms with E-state index < -0.39 is 5.60 Å². The van der Waals surface area contributed by atoms with Crippen LogP contribution in [0.25, 0.3) is 0 Å². The van der Waals surface area contributed by atoms with Crippen LogP contribution in [0.15, 0.2) is 52.4 Å². The molecular formula is C28H42N4O2S. The Bertz CT molecular complexity index is 979. The van der Waals surface area contributed by atoms with Gasteiger partial charge in [-0.3, -0.25) is 4.99 Å². The number of nitrogens with two attached hydrogens (primary N) is 1. The second kappa shape index (κ2) is 12.9. The molecule has 2 aromatic carbocycles. The molecule has 0 saturated carbocycles. The lowest BCUT2D eigenvalue weighted by atomic mass is 10.0. The molecule has 6 nitrogen and oxygen atoms in total. The molecular weight excluding hydrogens is 456 g/mol. The number of amides is 1. The number of amidine groups is 1. The number of hydrogen-bond acceptors (Lipinski definition) is 5. The van der Waals surface area contributed by atoms with E-state index in [4.69, 9.17) is 10.5 Å². The maximum Gasteiger partial charge on any atom is 0.410 e. The highest BCUT2D eigenvalue weighted by atomic mass is 32.2. The minimum Gasteiger partial charge on any atom is -0.444 e. The fraction of sp³-hybridized carbons (Fsp3) is 0.500. The minimum absolute atomic E-state index is 0.175. The van der Waals surface area contributed by atoms with E-state index in [0.717, 1.165) is 29.1 Å². The van der Waals surface area contributed by atoms with Crippen LogP contribution in [0.4, 0.5) is 10.5 Å². The van der Waals surface area contributed by atoms with Crippen LogP contribution in [0.1, 0.15) is 50.8 Å². The lowest BCUT2D eigenvalue weighted by Gasteiger charge is -2.43. The summed E-state index contributed by atoms with van der Waals surface area (Å²) in [6, 6.07) is 14.6. The molecule has 3 rings (SSSR count). The fourth-order valence-corrected chi connectivity index (χ4v) is 4.44. The molecule has 2 N–H and O–H groups in total. The van der Waals surface area contributed by atoms with E-state index >= 15 is 0 Å². The van der Waals surface area contributed by atoms with Gasteiger partial charge in [0.15, 0.2) is 0 Å². The van der Waals surface area contributed by atoms with E-state index in [1.54, 1.807) is 23.7 Å². The first-order chi connectivity index (χ1) is 16.5. The molecule has 1 atom stereocenters. The van der Waals surface area contributed by atoms with Gasteiger partial charge < -0.3 is 20.3 Å². The normalized spacial score (nSPS) is 16.5. The maximum absolute atomic E-state index is 12.4. The Hall–Kier alpha value is -2.67. The van der Waals surface area contributed by atoms with Gasteiger partial charge in [-0.25, -0.2) is 4.79 Å². The highest BCUT2D eigenvalue weighted by Crippen LogP contribution is 2.24. The van der Waals surface area contributed by atoms with E-state index in [-0.39, 0.29) is 12.1 Å². The number of piperazine rings is 1. The van der Waals surface area contributed by atoms with Crippen molar-refractivity contribution in [3.8, 4) is 0 Å². The number of hydrogen-bond donors (Lipinski definition) is 1. The summed E-state index contributed by atoms with van der Waals surface area (Å²) in [5.74, 6) is 0.899. The molecule has 1 heterocycles. The third kappa shape index (κ3) is 8.20. The van der Waals surface area contributed by atoms with Crippen molar-refractivity contribution in [2.75, 3.05) is 38.7 Å². The predicted octanol–water partition coefficient (Wildman–Crippen LogP) is 6.00. The number of anilines is 1. The van der Waals surface area contributed by atoms with Crippen molar-refractivity contribution in [3.05, 3.63) is 59.2 Å². The van der Waals surface area contributed by atoms with Crippen molar-refractivity contribution in [3.63, 3.8) is 0 Å². The molecule has 1 saturated heterocycles. The molecule has 192 valence electrons. The van der Waals surface area contributed by atoms with Crippen LogP contribution < -0.4 is 5.73 Å². The van der Waals surface area contributed by atoms with Gasteiger partial charge in [-0.1, -0.05) is 36.8 Å². The van der Waals surface area contributed by atoms with E-state index in [1.165, 1.54) is 10.5 Å². The first kappa shape index (κ1) is 28.6. The smallest absolute Gasteiger partial charge is 0.410 e. The Kier molecular flexibility index (Phi) is 10.5. The summed E-state index contributed by atoms with van der Waals surface area (Å²) < 4.78 is 5.53. The summed E-state index contributed by atoms with van der Waals surface area (Å²) in [6.07, 6.45) is 2.75. The van der Waals surface area contributed by atoms with Crippen LogP contribution in [0.3, 0.4) is 0 Å². The summed E-state index contributed by atoms with van der Waals surface area (Å²) in [5, 5.41) is 0. The van der Waals surface area contributed by atoms with Crippen LogP contribution in [-0.4, -0.2) is 66.3 Å². The molecule has 0 aliphatic carbocycles. The van der Waals surface area contributed by atoms with Crippen LogP contribution in [-0.2, 0) is 4.74 Å². The van der Waals surface area contributed by atoms with Crippen molar-refractivity contribution in [2.24, 2.45) is 4.99 Å². The number of nitrogen functional groups attached to an aromatic ring is 1. The van der Waals surface area contributed by atoms with Crippen molar-refractivity contribution < 1.29 is 9.53 Å². The Morgan fingerprint density at radius 2 is 1.80 bits per heavy atom. The monoisotopic (exact) mass is 498 g/mol. The molecule has 7 heteroatoms. The quantitative estimate of drug-likeness (QED) is 0.243. The Labute approximate surface area is 215 Å². The average Bonchev–Trinajstić information content (AvgIpc) is 2.81. The molecule has 0 radical (unpaired) electrons. The van der Waals surface area contributed by atoms with Crippen molar-refractivity contribution in [1.82, 2.24) is 9.80 Å². The highest BCUT2D eigenvalue weighted by Gasteiger charge is 2.33. The largest absolute Gasteiger partial charge is 0.444 e. The molecule has 1 amide bonds. The molecule has 0 bridgehead atoms.